The molecule has 1 aliphatic heterocycles. The Hall–Kier alpha value is -1.70. The molecule has 5 nitrogen and oxygen atoms in total. The number of piperidine rings is 1. The number of amides is 1. The molecular weight excluding hydrogens is 440 g/mol. The zero-order valence-corrected chi connectivity index (χ0v) is 18.3. The first-order valence-corrected chi connectivity index (χ1v) is 11.8. The lowest BCUT2D eigenvalue weighted by Crippen LogP contribution is -2.51. The van der Waals surface area contributed by atoms with Crippen LogP contribution < -0.4 is 5.32 Å². The van der Waals surface area contributed by atoms with Crippen LogP contribution in [0.15, 0.2) is 57.9 Å². The third-order valence-corrected chi connectivity index (χ3v) is 7.53. The fourth-order valence-corrected chi connectivity index (χ4v) is 5.32. The van der Waals surface area contributed by atoms with Crippen LogP contribution >= 0.6 is 15.9 Å². The highest BCUT2D eigenvalue weighted by molar-refractivity contribution is 9.10. The highest BCUT2D eigenvalue weighted by Gasteiger charge is 2.37. The third kappa shape index (κ3) is 4.82. The molecule has 1 amide bonds. The lowest BCUT2D eigenvalue weighted by Gasteiger charge is -2.33. The zero-order chi connectivity index (χ0) is 20.1. The second kappa shape index (κ2) is 9.20. The number of nitrogens with zero attached hydrogens (tertiary/aromatic N) is 1. The van der Waals surface area contributed by atoms with Crippen LogP contribution in [-0.2, 0) is 27.8 Å². The van der Waals surface area contributed by atoms with Gasteiger partial charge >= 0.3 is 0 Å². The van der Waals surface area contributed by atoms with Gasteiger partial charge < -0.3 is 5.32 Å². The minimum Gasteiger partial charge on any atom is -0.351 e. The Labute approximate surface area is 175 Å². The van der Waals surface area contributed by atoms with E-state index in [1.54, 1.807) is 24.3 Å². The van der Waals surface area contributed by atoms with Gasteiger partial charge in [-0.05, 0) is 54.7 Å². The number of hydrogen-bond acceptors (Lipinski definition) is 3. The molecule has 2 aromatic carbocycles. The highest BCUT2D eigenvalue weighted by Crippen LogP contribution is 2.26. The molecule has 1 saturated heterocycles. The number of carbonyl (C=O) groups is 1. The van der Waals surface area contributed by atoms with E-state index in [0.29, 0.717) is 19.5 Å². The van der Waals surface area contributed by atoms with E-state index in [9.17, 15) is 13.2 Å². The van der Waals surface area contributed by atoms with Crippen LogP contribution in [0.3, 0.4) is 0 Å². The lowest BCUT2D eigenvalue weighted by atomic mass is 10.0. The molecule has 1 heterocycles. The third-order valence-electron chi connectivity index (χ3n) is 5.07. The monoisotopic (exact) mass is 464 g/mol. The lowest BCUT2D eigenvalue weighted by molar-refractivity contribution is -0.125. The fraction of sp³-hybridized carbons (Fsp3) is 0.381. The molecule has 1 N–H and O–H groups in total. The number of carbonyl (C=O) groups excluding carboxylic acids is 1. The molecule has 0 saturated carbocycles. The van der Waals surface area contributed by atoms with Crippen molar-refractivity contribution in [3.8, 4) is 0 Å². The van der Waals surface area contributed by atoms with Gasteiger partial charge in [0.15, 0.2) is 0 Å². The summed E-state index contributed by atoms with van der Waals surface area (Å²) in [5, 5.41) is 2.92. The number of benzene rings is 2. The first kappa shape index (κ1) is 21.0. The van der Waals surface area contributed by atoms with E-state index in [-0.39, 0.29) is 10.8 Å². The number of hydrogen-bond donors (Lipinski definition) is 1. The fourth-order valence-electron chi connectivity index (χ4n) is 3.40. The standard InChI is InChI=1S/C21H25BrN2O3S/c1-2-16-6-8-17(9-7-16)15-23-21(25)20-5-3-4-14-24(20)28(26,27)19-12-10-18(22)11-13-19/h6-13,20H,2-5,14-15H2,1H3,(H,23,25)/t20-/m1/s1. The van der Waals surface area contributed by atoms with E-state index < -0.39 is 16.1 Å². The van der Waals surface area contributed by atoms with E-state index in [4.69, 9.17) is 0 Å². The molecule has 0 bridgehead atoms. The normalized spacial score (nSPS) is 18.0. The number of nitrogens with one attached hydrogen (secondary N) is 1. The van der Waals surface area contributed by atoms with Gasteiger partial charge in [-0.15, -0.1) is 0 Å². The molecule has 1 aliphatic rings. The van der Waals surface area contributed by atoms with Gasteiger partial charge in [0.25, 0.3) is 0 Å². The van der Waals surface area contributed by atoms with Gasteiger partial charge in [-0.25, -0.2) is 8.42 Å². The number of sulfonamides is 1. The van der Waals surface area contributed by atoms with Crippen LogP contribution in [0.4, 0.5) is 0 Å². The average molecular weight is 465 g/mol. The first-order chi connectivity index (χ1) is 13.4. The van der Waals surface area contributed by atoms with Crippen molar-refractivity contribution in [1.82, 2.24) is 9.62 Å². The summed E-state index contributed by atoms with van der Waals surface area (Å²) >= 11 is 3.32. The minimum atomic E-state index is -3.71. The molecule has 0 spiro atoms. The van der Waals surface area contributed by atoms with Crippen molar-refractivity contribution in [2.75, 3.05) is 6.54 Å². The maximum atomic E-state index is 13.1. The summed E-state index contributed by atoms with van der Waals surface area (Å²) in [4.78, 5) is 13.0. The summed E-state index contributed by atoms with van der Waals surface area (Å²) in [6, 6.07) is 14.0. The summed E-state index contributed by atoms with van der Waals surface area (Å²) in [6.07, 6.45) is 3.11. The van der Waals surface area contributed by atoms with Crippen LogP contribution in [0.2, 0.25) is 0 Å². The molecular formula is C21H25BrN2O3S. The maximum Gasteiger partial charge on any atom is 0.243 e. The molecule has 1 fully saturated rings. The Balaban J connectivity index is 1.72. The van der Waals surface area contributed by atoms with Gasteiger partial charge in [-0.3, -0.25) is 4.79 Å². The predicted molar refractivity (Wildman–Crippen MR) is 113 cm³/mol. The summed E-state index contributed by atoms with van der Waals surface area (Å²) < 4.78 is 28.3. The summed E-state index contributed by atoms with van der Waals surface area (Å²) in [5.41, 5.74) is 2.25. The van der Waals surface area contributed by atoms with E-state index >= 15 is 0 Å². The molecule has 28 heavy (non-hydrogen) atoms. The van der Waals surface area contributed by atoms with Crippen molar-refractivity contribution in [2.24, 2.45) is 0 Å². The topological polar surface area (TPSA) is 66.5 Å². The van der Waals surface area contributed by atoms with Gasteiger partial charge in [0, 0.05) is 17.6 Å². The zero-order valence-electron chi connectivity index (χ0n) is 15.9. The molecule has 7 heteroatoms. The molecule has 0 aliphatic carbocycles. The van der Waals surface area contributed by atoms with E-state index in [1.807, 2.05) is 24.3 Å². The maximum absolute atomic E-state index is 13.1. The van der Waals surface area contributed by atoms with E-state index in [2.05, 4.69) is 28.2 Å². The van der Waals surface area contributed by atoms with Crippen molar-refractivity contribution < 1.29 is 13.2 Å². The van der Waals surface area contributed by atoms with Crippen LogP contribution in [0.25, 0.3) is 0 Å². The van der Waals surface area contributed by atoms with Crippen molar-refractivity contribution in [1.29, 1.82) is 0 Å². The molecule has 3 rings (SSSR count). The van der Waals surface area contributed by atoms with Crippen LogP contribution in [-0.4, -0.2) is 31.2 Å². The number of aryl methyl sites for hydroxylation is 1. The summed E-state index contributed by atoms with van der Waals surface area (Å²) in [5.74, 6) is -0.236. The largest absolute Gasteiger partial charge is 0.351 e. The first-order valence-electron chi connectivity index (χ1n) is 9.54. The van der Waals surface area contributed by atoms with Crippen LogP contribution in [0.1, 0.15) is 37.3 Å². The Kier molecular flexibility index (Phi) is 6.91. The number of halogens is 1. The van der Waals surface area contributed by atoms with Gasteiger partial charge in [0.2, 0.25) is 15.9 Å². The SMILES string of the molecule is CCc1ccc(CNC(=O)[C@H]2CCCCN2S(=O)(=O)c2ccc(Br)cc2)cc1. The highest BCUT2D eigenvalue weighted by atomic mass is 79.9. The van der Waals surface area contributed by atoms with Crippen LogP contribution in [0, 0.1) is 0 Å². The predicted octanol–water partition coefficient (Wildman–Crippen LogP) is 3.87. The molecule has 1 atom stereocenters. The molecule has 0 aromatic heterocycles. The average Bonchev–Trinajstić information content (AvgIpc) is 2.72. The van der Waals surface area contributed by atoms with Crippen LogP contribution in [0.5, 0.6) is 0 Å². The smallest absolute Gasteiger partial charge is 0.243 e. The second-order valence-corrected chi connectivity index (χ2v) is 9.78. The Morgan fingerprint density at radius 3 is 2.36 bits per heavy atom. The Morgan fingerprint density at radius 2 is 1.71 bits per heavy atom. The van der Waals surface area contributed by atoms with Crippen molar-refractivity contribution in [3.05, 3.63) is 64.1 Å². The number of rotatable bonds is 6. The minimum absolute atomic E-state index is 0.213. The van der Waals surface area contributed by atoms with Gasteiger partial charge in [-0.1, -0.05) is 53.5 Å². The Morgan fingerprint density at radius 1 is 1.07 bits per heavy atom. The van der Waals surface area contributed by atoms with E-state index in [1.165, 1.54) is 9.87 Å². The molecule has 0 radical (unpaired) electrons. The van der Waals surface area contributed by atoms with Crippen molar-refractivity contribution in [3.63, 3.8) is 0 Å². The molecule has 2 aromatic rings. The van der Waals surface area contributed by atoms with Crippen molar-refractivity contribution >= 4 is 31.9 Å². The molecule has 150 valence electrons. The summed E-state index contributed by atoms with van der Waals surface area (Å²) in [7, 11) is -3.71. The van der Waals surface area contributed by atoms with Gasteiger partial charge in [0.1, 0.15) is 6.04 Å². The quantitative estimate of drug-likeness (QED) is 0.705. The second-order valence-electron chi connectivity index (χ2n) is 6.97. The van der Waals surface area contributed by atoms with Gasteiger partial charge in [0.05, 0.1) is 4.90 Å². The van der Waals surface area contributed by atoms with E-state index in [0.717, 1.165) is 29.3 Å². The van der Waals surface area contributed by atoms with Crippen molar-refractivity contribution in [2.45, 2.75) is 50.1 Å². The summed E-state index contributed by atoms with van der Waals surface area (Å²) in [6.45, 7) is 2.85. The Bertz CT molecular complexity index is 912. The molecule has 0 unspecified atom stereocenters. The van der Waals surface area contributed by atoms with Gasteiger partial charge in [-0.2, -0.15) is 4.31 Å².